The molecule has 0 saturated heterocycles. The molecule has 13 heavy (non-hydrogen) atoms. The molecule has 0 saturated carbocycles. The number of primary amides is 1. The van der Waals surface area contributed by atoms with E-state index >= 15 is 0 Å². The van der Waals surface area contributed by atoms with Crippen molar-refractivity contribution in [3.63, 3.8) is 0 Å². The number of carbonyl (C=O) groups is 1. The van der Waals surface area contributed by atoms with E-state index in [2.05, 4.69) is 4.98 Å². The smallest absolute Gasteiger partial charge is 0.225 e. The largest absolute Gasteiger partial charge is 0.369 e. The molecule has 1 rings (SSSR count). The molecule has 0 aliphatic rings. The van der Waals surface area contributed by atoms with Gasteiger partial charge in [-0.15, -0.1) is 0 Å². The van der Waals surface area contributed by atoms with Gasteiger partial charge < -0.3 is 5.73 Å². The average Bonchev–Trinajstić information content (AvgIpc) is 2.15. The number of amides is 1. The Balaban J connectivity index is 2.82. The Morgan fingerprint density at radius 3 is 2.92 bits per heavy atom. The van der Waals surface area contributed by atoms with Crippen molar-refractivity contribution < 1.29 is 4.79 Å². The van der Waals surface area contributed by atoms with Gasteiger partial charge in [0.1, 0.15) is 0 Å². The second-order valence-electron chi connectivity index (χ2n) is 3.03. The second-order valence-corrected chi connectivity index (χ2v) is 3.03. The molecule has 1 aromatic heterocycles. The molecule has 0 fully saturated rings. The minimum absolute atomic E-state index is 0.182. The summed E-state index contributed by atoms with van der Waals surface area (Å²) in [7, 11) is 0. The molecule has 0 aromatic carbocycles. The van der Waals surface area contributed by atoms with Gasteiger partial charge in [0.05, 0.1) is 5.92 Å². The molecule has 3 nitrogen and oxygen atoms in total. The molecule has 1 heterocycles. The van der Waals surface area contributed by atoms with Crippen molar-refractivity contribution >= 4 is 5.91 Å². The number of pyridine rings is 1. The minimum atomic E-state index is -0.269. The van der Waals surface area contributed by atoms with Gasteiger partial charge in [-0.1, -0.05) is 19.4 Å². The topological polar surface area (TPSA) is 56.0 Å². The number of rotatable bonds is 4. The summed E-state index contributed by atoms with van der Waals surface area (Å²) in [5, 5.41) is 0. The first kappa shape index (κ1) is 9.71. The van der Waals surface area contributed by atoms with Gasteiger partial charge in [-0.3, -0.25) is 9.78 Å². The third-order valence-electron chi connectivity index (χ3n) is 2.01. The number of nitrogens with zero attached hydrogens (tertiary/aromatic N) is 1. The van der Waals surface area contributed by atoms with Crippen molar-refractivity contribution in [3.8, 4) is 0 Å². The predicted octanol–water partition coefficient (Wildman–Crippen LogP) is 1.45. The van der Waals surface area contributed by atoms with Crippen molar-refractivity contribution in [2.24, 2.45) is 5.73 Å². The quantitative estimate of drug-likeness (QED) is 0.758. The van der Waals surface area contributed by atoms with E-state index in [-0.39, 0.29) is 11.8 Å². The van der Waals surface area contributed by atoms with Crippen molar-refractivity contribution in [1.82, 2.24) is 4.98 Å². The summed E-state index contributed by atoms with van der Waals surface area (Å²) < 4.78 is 0. The third-order valence-corrected chi connectivity index (χ3v) is 2.01. The Morgan fingerprint density at radius 1 is 1.69 bits per heavy atom. The molecule has 0 bridgehead atoms. The second kappa shape index (κ2) is 4.60. The van der Waals surface area contributed by atoms with Gasteiger partial charge in [-0.05, 0) is 18.1 Å². The Kier molecular flexibility index (Phi) is 3.43. The van der Waals surface area contributed by atoms with Crippen molar-refractivity contribution in [2.75, 3.05) is 0 Å². The first-order valence-electron chi connectivity index (χ1n) is 4.45. The van der Waals surface area contributed by atoms with Crippen molar-refractivity contribution in [1.29, 1.82) is 0 Å². The fourth-order valence-corrected chi connectivity index (χ4v) is 1.34. The van der Waals surface area contributed by atoms with Crippen LogP contribution in [0, 0.1) is 0 Å². The van der Waals surface area contributed by atoms with E-state index in [9.17, 15) is 4.79 Å². The fraction of sp³-hybridized carbons (Fsp3) is 0.400. The maximum Gasteiger partial charge on any atom is 0.225 e. The highest BCUT2D eigenvalue weighted by molar-refractivity contribution is 5.81. The van der Waals surface area contributed by atoms with Crippen LogP contribution < -0.4 is 5.73 Å². The van der Waals surface area contributed by atoms with E-state index in [0.717, 1.165) is 18.4 Å². The molecule has 0 radical (unpaired) electrons. The molecule has 0 aliphatic heterocycles. The molecule has 70 valence electrons. The molecule has 1 aromatic rings. The Morgan fingerprint density at radius 2 is 2.46 bits per heavy atom. The Bertz CT molecular complexity index is 272. The van der Waals surface area contributed by atoms with Crippen molar-refractivity contribution in [2.45, 2.75) is 25.7 Å². The molecule has 0 spiro atoms. The van der Waals surface area contributed by atoms with Gasteiger partial charge in [0, 0.05) is 12.4 Å². The highest BCUT2D eigenvalue weighted by Crippen LogP contribution is 2.19. The molecule has 3 heteroatoms. The summed E-state index contributed by atoms with van der Waals surface area (Å²) in [6, 6.07) is 3.71. The molecule has 1 unspecified atom stereocenters. The van der Waals surface area contributed by atoms with Gasteiger partial charge in [0.15, 0.2) is 0 Å². The summed E-state index contributed by atoms with van der Waals surface area (Å²) in [5.41, 5.74) is 6.20. The van der Waals surface area contributed by atoms with Crippen LogP contribution in [0.3, 0.4) is 0 Å². The predicted molar refractivity (Wildman–Crippen MR) is 51.1 cm³/mol. The normalized spacial score (nSPS) is 12.4. The summed E-state index contributed by atoms with van der Waals surface area (Å²) in [6.07, 6.45) is 5.13. The lowest BCUT2D eigenvalue weighted by Crippen LogP contribution is -2.21. The van der Waals surface area contributed by atoms with Crippen LogP contribution >= 0.6 is 0 Å². The Hall–Kier alpha value is -1.38. The molecule has 2 N–H and O–H groups in total. The van der Waals surface area contributed by atoms with Crippen LogP contribution in [0.25, 0.3) is 0 Å². The van der Waals surface area contributed by atoms with Crippen LogP contribution in [0.2, 0.25) is 0 Å². The van der Waals surface area contributed by atoms with Crippen LogP contribution in [0.5, 0.6) is 0 Å². The molecule has 0 aliphatic carbocycles. The number of aromatic nitrogens is 1. The zero-order valence-electron chi connectivity index (χ0n) is 7.73. The monoisotopic (exact) mass is 178 g/mol. The van der Waals surface area contributed by atoms with Gasteiger partial charge in [-0.2, -0.15) is 0 Å². The van der Waals surface area contributed by atoms with Crippen LogP contribution in [0.15, 0.2) is 24.5 Å². The van der Waals surface area contributed by atoms with Crippen LogP contribution in [-0.4, -0.2) is 10.9 Å². The molecular formula is C10H14N2O. The lowest BCUT2D eigenvalue weighted by atomic mass is 9.95. The zero-order chi connectivity index (χ0) is 9.68. The third kappa shape index (κ3) is 2.54. The summed E-state index contributed by atoms with van der Waals surface area (Å²) >= 11 is 0. The lowest BCUT2D eigenvalue weighted by Gasteiger charge is -2.11. The SMILES string of the molecule is CCCC(C(N)=O)c1cccnc1. The van der Waals surface area contributed by atoms with E-state index in [0.29, 0.717) is 0 Å². The van der Waals surface area contributed by atoms with Crippen LogP contribution in [0.4, 0.5) is 0 Å². The van der Waals surface area contributed by atoms with E-state index in [1.165, 1.54) is 0 Å². The van der Waals surface area contributed by atoms with E-state index in [4.69, 9.17) is 5.73 Å². The highest BCUT2D eigenvalue weighted by Gasteiger charge is 2.15. The Labute approximate surface area is 78.0 Å². The molecule has 1 amide bonds. The zero-order valence-corrected chi connectivity index (χ0v) is 7.73. The standard InChI is InChI=1S/C10H14N2O/c1-2-4-9(10(11)13)8-5-3-6-12-7-8/h3,5-7,9H,2,4H2,1H3,(H2,11,13). The summed E-state index contributed by atoms with van der Waals surface area (Å²) in [5.74, 6) is -0.450. The maximum atomic E-state index is 11.1. The van der Waals surface area contributed by atoms with Crippen molar-refractivity contribution in [3.05, 3.63) is 30.1 Å². The summed E-state index contributed by atoms with van der Waals surface area (Å²) in [6.45, 7) is 2.03. The number of nitrogens with two attached hydrogens (primary N) is 1. The van der Waals surface area contributed by atoms with E-state index in [1.807, 2.05) is 19.1 Å². The minimum Gasteiger partial charge on any atom is -0.369 e. The molecule has 1 atom stereocenters. The van der Waals surface area contributed by atoms with Gasteiger partial charge in [0.2, 0.25) is 5.91 Å². The molecular weight excluding hydrogens is 164 g/mol. The number of carbonyl (C=O) groups excluding carboxylic acids is 1. The lowest BCUT2D eigenvalue weighted by molar-refractivity contribution is -0.119. The first-order chi connectivity index (χ1) is 6.25. The fourth-order valence-electron chi connectivity index (χ4n) is 1.34. The van der Waals surface area contributed by atoms with Crippen LogP contribution in [0.1, 0.15) is 31.2 Å². The van der Waals surface area contributed by atoms with Gasteiger partial charge in [-0.25, -0.2) is 0 Å². The number of hydrogen-bond donors (Lipinski definition) is 1. The van der Waals surface area contributed by atoms with Gasteiger partial charge >= 0.3 is 0 Å². The maximum absolute atomic E-state index is 11.1. The first-order valence-corrected chi connectivity index (χ1v) is 4.45. The van der Waals surface area contributed by atoms with E-state index < -0.39 is 0 Å². The van der Waals surface area contributed by atoms with E-state index in [1.54, 1.807) is 12.4 Å². The number of hydrogen-bond acceptors (Lipinski definition) is 2. The van der Waals surface area contributed by atoms with Crippen LogP contribution in [-0.2, 0) is 4.79 Å². The van der Waals surface area contributed by atoms with Gasteiger partial charge in [0.25, 0.3) is 0 Å². The average molecular weight is 178 g/mol. The highest BCUT2D eigenvalue weighted by atomic mass is 16.1. The summed E-state index contributed by atoms with van der Waals surface area (Å²) in [4.78, 5) is 15.0.